The van der Waals surface area contributed by atoms with Crippen LogP contribution < -0.4 is 5.32 Å². The molecule has 0 saturated heterocycles. The van der Waals surface area contributed by atoms with Gasteiger partial charge in [0.05, 0.1) is 6.54 Å². The zero-order valence-corrected chi connectivity index (χ0v) is 16.9. The molecule has 0 bridgehead atoms. The summed E-state index contributed by atoms with van der Waals surface area (Å²) in [7, 11) is 0. The third kappa shape index (κ3) is 3.83. The van der Waals surface area contributed by atoms with Crippen LogP contribution in [0.15, 0.2) is 66.7 Å². The fourth-order valence-electron chi connectivity index (χ4n) is 3.72. The molecule has 30 heavy (non-hydrogen) atoms. The molecule has 1 heterocycles. The summed E-state index contributed by atoms with van der Waals surface area (Å²) < 4.78 is 29.5. The molecule has 0 fully saturated rings. The van der Waals surface area contributed by atoms with Crippen LogP contribution in [0.4, 0.5) is 8.78 Å². The Morgan fingerprint density at radius 1 is 0.967 bits per heavy atom. The Morgan fingerprint density at radius 2 is 1.77 bits per heavy atom. The van der Waals surface area contributed by atoms with Crippen LogP contribution in [-0.2, 0) is 13.1 Å². The van der Waals surface area contributed by atoms with E-state index in [1.165, 1.54) is 18.2 Å². The SMILES string of the molecule is Cc1c(C)n(Cc2ccccc2F)c2ccc(C(=O)NCc3cccc(F)c3)cc12. The van der Waals surface area contributed by atoms with E-state index in [1.54, 1.807) is 30.3 Å². The number of amides is 1. The van der Waals surface area contributed by atoms with E-state index in [0.29, 0.717) is 23.2 Å². The Morgan fingerprint density at radius 3 is 2.53 bits per heavy atom. The molecule has 1 aromatic heterocycles. The van der Waals surface area contributed by atoms with Gasteiger partial charge in [0, 0.05) is 34.3 Å². The molecule has 3 nitrogen and oxygen atoms in total. The van der Waals surface area contributed by atoms with Gasteiger partial charge in [-0.2, -0.15) is 0 Å². The van der Waals surface area contributed by atoms with E-state index in [1.807, 2.05) is 32.0 Å². The molecule has 0 spiro atoms. The predicted octanol–water partition coefficient (Wildman–Crippen LogP) is 5.51. The van der Waals surface area contributed by atoms with Gasteiger partial charge in [0.2, 0.25) is 0 Å². The molecule has 4 aromatic rings. The van der Waals surface area contributed by atoms with Crippen LogP contribution in [0.5, 0.6) is 0 Å². The molecule has 152 valence electrons. The number of nitrogens with one attached hydrogen (secondary N) is 1. The standard InChI is InChI=1S/C25H22F2N2O/c1-16-17(2)29(15-20-7-3-4-9-23(20)27)24-11-10-19(13-22(16)24)25(30)28-14-18-6-5-8-21(26)12-18/h3-13H,14-15H2,1-2H3,(H,28,30). The molecular formula is C25H22F2N2O. The van der Waals surface area contributed by atoms with Crippen molar-refractivity contribution in [2.45, 2.75) is 26.9 Å². The van der Waals surface area contributed by atoms with Crippen molar-refractivity contribution < 1.29 is 13.6 Å². The quantitative estimate of drug-likeness (QED) is 0.467. The monoisotopic (exact) mass is 404 g/mol. The third-order valence-corrected chi connectivity index (χ3v) is 5.53. The minimum Gasteiger partial charge on any atom is -0.348 e. The summed E-state index contributed by atoms with van der Waals surface area (Å²) in [5.41, 5.74) is 4.90. The maximum Gasteiger partial charge on any atom is 0.251 e. The highest BCUT2D eigenvalue weighted by Gasteiger charge is 2.15. The van der Waals surface area contributed by atoms with Gasteiger partial charge in [-0.25, -0.2) is 8.78 Å². The summed E-state index contributed by atoms with van der Waals surface area (Å²) in [6.45, 7) is 4.68. The van der Waals surface area contributed by atoms with Crippen LogP contribution in [0.1, 0.15) is 32.7 Å². The molecule has 0 aliphatic carbocycles. The largest absolute Gasteiger partial charge is 0.348 e. The number of halogens is 2. The second kappa shape index (κ2) is 8.11. The Balaban J connectivity index is 1.60. The summed E-state index contributed by atoms with van der Waals surface area (Å²) in [6, 6.07) is 18.4. The Hall–Kier alpha value is -3.47. The topological polar surface area (TPSA) is 34.0 Å². The molecule has 0 radical (unpaired) electrons. The van der Waals surface area contributed by atoms with Gasteiger partial charge in [-0.05, 0) is 61.4 Å². The first kappa shape index (κ1) is 19.8. The molecule has 5 heteroatoms. The zero-order valence-electron chi connectivity index (χ0n) is 16.9. The van der Waals surface area contributed by atoms with Crippen molar-refractivity contribution in [3.63, 3.8) is 0 Å². The molecular weight excluding hydrogens is 382 g/mol. The molecule has 0 atom stereocenters. The Labute approximate surface area is 174 Å². The van der Waals surface area contributed by atoms with Crippen LogP contribution in [-0.4, -0.2) is 10.5 Å². The molecule has 1 amide bonds. The van der Waals surface area contributed by atoms with Gasteiger partial charge in [-0.3, -0.25) is 4.79 Å². The number of aryl methyl sites for hydroxylation is 1. The summed E-state index contributed by atoms with van der Waals surface area (Å²) in [4.78, 5) is 12.6. The number of nitrogens with zero attached hydrogens (tertiary/aromatic N) is 1. The summed E-state index contributed by atoms with van der Waals surface area (Å²) in [5.74, 6) is -0.782. The number of carbonyl (C=O) groups is 1. The molecule has 0 aliphatic heterocycles. The maximum atomic E-state index is 14.1. The van der Waals surface area contributed by atoms with Crippen molar-refractivity contribution in [2.75, 3.05) is 0 Å². The van der Waals surface area contributed by atoms with E-state index in [-0.39, 0.29) is 24.1 Å². The number of benzene rings is 3. The van der Waals surface area contributed by atoms with Crippen molar-refractivity contribution >= 4 is 16.8 Å². The fourth-order valence-corrected chi connectivity index (χ4v) is 3.72. The molecule has 0 unspecified atom stereocenters. The summed E-state index contributed by atoms with van der Waals surface area (Å²) in [5, 5.41) is 3.79. The van der Waals surface area contributed by atoms with Crippen LogP contribution in [0.2, 0.25) is 0 Å². The first-order chi connectivity index (χ1) is 14.4. The van der Waals surface area contributed by atoms with Crippen LogP contribution in [0, 0.1) is 25.5 Å². The number of rotatable bonds is 5. The molecule has 3 aromatic carbocycles. The normalized spacial score (nSPS) is 11.1. The molecule has 1 N–H and O–H groups in total. The Kier molecular flexibility index (Phi) is 5.36. The molecule has 0 aliphatic rings. The fraction of sp³-hybridized carbons (Fsp3) is 0.160. The van der Waals surface area contributed by atoms with E-state index in [2.05, 4.69) is 9.88 Å². The van der Waals surface area contributed by atoms with Gasteiger partial charge in [0.25, 0.3) is 5.91 Å². The van der Waals surface area contributed by atoms with Gasteiger partial charge < -0.3 is 9.88 Å². The lowest BCUT2D eigenvalue weighted by Gasteiger charge is -2.10. The number of fused-ring (bicyclic) bond motifs is 1. The van der Waals surface area contributed by atoms with E-state index >= 15 is 0 Å². The average Bonchev–Trinajstić information content (AvgIpc) is 2.98. The lowest BCUT2D eigenvalue weighted by molar-refractivity contribution is 0.0951. The maximum absolute atomic E-state index is 14.1. The lowest BCUT2D eigenvalue weighted by atomic mass is 10.1. The molecule has 4 rings (SSSR count). The number of hydrogen-bond acceptors (Lipinski definition) is 1. The van der Waals surface area contributed by atoms with Gasteiger partial charge >= 0.3 is 0 Å². The first-order valence-corrected chi connectivity index (χ1v) is 9.79. The van der Waals surface area contributed by atoms with Crippen LogP contribution >= 0.6 is 0 Å². The van der Waals surface area contributed by atoms with Crippen molar-refractivity contribution in [3.05, 3.63) is 106 Å². The molecule has 0 saturated carbocycles. The van der Waals surface area contributed by atoms with Crippen molar-refractivity contribution in [3.8, 4) is 0 Å². The first-order valence-electron chi connectivity index (χ1n) is 9.79. The van der Waals surface area contributed by atoms with E-state index in [4.69, 9.17) is 0 Å². The second-order valence-electron chi connectivity index (χ2n) is 7.43. The van der Waals surface area contributed by atoms with Crippen molar-refractivity contribution in [2.24, 2.45) is 0 Å². The average molecular weight is 404 g/mol. The van der Waals surface area contributed by atoms with E-state index in [0.717, 1.165) is 22.2 Å². The minimum absolute atomic E-state index is 0.222. The van der Waals surface area contributed by atoms with Gasteiger partial charge in [-0.15, -0.1) is 0 Å². The van der Waals surface area contributed by atoms with Crippen LogP contribution in [0.3, 0.4) is 0 Å². The van der Waals surface area contributed by atoms with Crippen molar-refractivity contribution in [1.82, 2.24) is 9.88 Å². The van der Waals surface area contributed by atoms with Crippen LogP contribution in [0.25, 0.3) is 10.9 Å². The van der Waals surface area contributed by atoms with E-state index < -0.39 is 0 Å². The lowest BCUT2D eigenvalue weighted by Crippen LogP contribution is -2.22. The summed E-state index contributed by atoms with van der Waals surface area (Å²) in [6.07, 6.45) is 0. The highest BCUT2D eigenvalue weighted by atomic mass is 19.1. The van der Waals surface area contributed by atoms with E-state index in [9.17, 15) is 13.6 Å². The van der Waals surface area contributed by atoms with Gasteiger partial charge in [0.1, 0.15) is 11.6 Å². The van der Waals surface area contributed by atoms with Gasteiger partial charge in [-0.1, -0.05) is 30.3 Å². The second-order valence-corrected chi connectivity index (χ2v) is 7.43. The number of carbonyl (C=O) groups excluding carboxylic acids is 1. The highest BCUT2D eigenvalue weighted by molar-refractivity contribution is 5.99. The van der Waals surface area contributed by atoms with Gasteiger partial charge in [0.15, 0.2) is 0 Å². The number of hydrogen-bond donors (Lipinski definition) is 1. The number of aromatic nitrogens is 1. The smallest absolute Gasteiger partial charge is 0.251 e. The Bertz CT molecular complexity index is 1240. The summed E-state index contributed by atoms with van der Waals surface area (Å²) >= 11 is 0. The third-order valence-electron chi connectivity index (χ3n) is 5.53. The van der Waals surface area contributed by atoms with Crippen molar-refractivity contribution in [1.29, 1.82) is 0 Å². The highest BCUT2D eigenvalue weighted by Crippen LogP contribution is 2.27. The predicted molar refractivity (Wildman–Crippen MR) is 114 cm³/mol. The zero-order chi connectivity index (χ0) is 21.3. The minimum atomic E-state index is -0.328.